The van der Waals surface area contributed by atoms with Crippen molar-refractivity contribution in [1.29, 1.82) is 0 Å². The zero-order valence-corrected chi connectivity index (χ0v) is 31.2. The Kier molecular flexibility index (Phi) is 9.33. The third-order valence-corrected chi connectivity index (χ3v) is 13.8. The van der Waals surface area contributed by atoms with Crippen molar-refractivity contribution in [3.05, 3.63) is 22.7 Å². The molecule has 6 saturated heterocycles. The lowest BCUT2D eigenvalue weighted by Gasteiger charge is -2.57. The molecule has 0 radical (unpaired) electrons. The number of likely N-dealkylation sites (N-methyl/N-ethyl adjacent to an activating group) is 2. The highest BCUT2D eigenvalue weighted by atomic mass is 19.4. The maximum atomic E-state index is 14.7. The van der Waals surface area contributed by atoms with Crippen LogP contribution in [0, 0.1) is 35.5 Å². The van der Waals surface area contributed by atoms with Crippen LogP contribution < -0.4 is 0 Å². The Morgan fingerprint density at radius 3 is 1.38 bits per heavy atom. The Labute approximate surface area is 306 Å². The fourth-order valence-corrected chi connectivity index (χ4v) is 11.2. The van der Waals surface area contributed by atoms with Crippen LogP contribution in [0.25, 0.3) is 0 Å². The van der Waals surface area contributed by atoms with Crippen molar-refractivity contribution in [2.24, 2.45) is 35.5 Å². The molecular weight excluding hydrogens is 714 g/mol. The molecule has 12 atom stereocenters. The molecule has 0 aromatic carbocycles. The normalized spacial score (nSPS) is 45.1. The zero-order valence-electron chi connectivity index (χ0n) is 31.2. The van der Waals surface area contributed by atoms with Gasteiger partial charge in [0.25, 0.3) is 0 Å². The first-order valence-electron chi connectivity index (χ1n) is 19.2. The molecule has 300 valence electrons. The number of rotatable bonds is 8. The first-order chi connectivity index (χ1) is 24.8. The van der Waals surface area contributed by atoms with Gasteiger partial charge in [0, 0.05) is 49.6 Å². The van der Waals surface area contributed by atoms with E-state index in [1.54, 1.807) is 27.9 Å². The van der Waals surface area contributed by atoms with Crippen LogP contribution in [0.4, 0.5) is 26.3 Å². The average Bonchev–Trinajstić information content (AvgIpc) is 3.44. The van der Waals surface area contributed by atoms with Gasteiger partial charge in [0.1, 0.15) is 0 Å². The van der Waals surface area contributed by atoms with Gasteiger partial charge < -0.3 is 28.7 Å². The van der Waals surface area contributed by atoms with Gasteiger partial charge in [-0.3, -0.25) is 0 Å². The summed E-state index contributed by atoms with van der Waals surface area (Å²) in [7, 11) is 3.49. The van der Waals surface area contributed by atoms with E-state index in [0.29, 0.717) is 58.0 Å². The lowest BCUT2D eigenvalue weighted by atomic mass is 9.59. The van der Waals surface area contributed by atoms with E-state index in [-0.39, 0.29) is 47.9 Å². The van der Waals surface area contributed by atoms with Crippen molar-refractivity contribution in [2.75, 3.05) is 40.3 Å². The molecule has 0 N–H and O–H groups in total. The Hall–Kier alpha value is -1.66. The second-order valence-electron chi connectivity index (χ2n) is 17.5. The molecule has 8 heterocycles. The summed E-state index contributed by atoms with van der Waals surface area (Å²) in [5, 5.41) is 0. The van der Waals surface area contributed by atoms with Gasteiger partial charge in [-0.1, -0.05) is 13.8 Å². The van der Waals surface area contributed by atoms with Crippen LogP contribution in [0.2, 0.25) is 0 Å². The van der Waals surface area contributed by atoms with E-state index < -0.39 is 71.1 Å². The molecule has 10 aliphatic rings. The highest BCUT2D eigenvalue weighted by molar-refractivity contribution is 5.30. The molecule has 0 aromatic heterocycles. The summed E-state index contributed by atoms with van der Waals surface area (Å²) in [6, 6.07) is 0. The monoisotopic (exact) mass is 766 g/mol. The Balaban J connectivity index is 0.985. The summed E-state index contributed by atoms with van der Waals surface area (Å²) < 4.78 is 112. The summed E-state index contributed by atoms with van der Waals surface area (Å²) in [5.74, 6) is -5.60. The first-order valence-corrected chi connectivity index (χ1v) is 19.2. The van der Waals surface area contributed by atoms with Gasteiger partial charge in [-0.2, -0.15) is 26.3 Å². The third-order valence-electron chi connectivity index (χ3n) is 13.8. The lowest BCUT2D eigenvalue weighted by molar-refractivity contribution is -0.557. The minimum atomic E-state index is -4.75. The summed E-state index contributed by atoms with van der Waals surface area (Å²) >= 11 is 0. The van der Waals surface area contributed by atoms with E-state index in [4.69, 9.17) is 38.5 Å². The molecule has 53 heavy (non-hydrogen) atoms. The van der Waals surface area contributed by atoms with Crippen LogP contribution in [0.3, 0.4) is 0 Å². The number of fused-ring (bicyclic) bond motifs is 4. The molecule has 16 heteroatoms. The zero-order chi connectivity index (χ0) is 37.9. The first kappa shape index (κ1) is 38.2. The fourth-order valence-electron chi connectivity index (χ4n) is 11.2. The number of hydrogen-bond acceptors (Lipinski definition) is 10. The third kappa shape index (κ3) is 6.15. The van der Waals surface area contributed by atoms with E-state index in [9.17, 15) is 26.3 Å². The van der Waals surface area contributed by atoms with Crippen LogP contribution in [0.15, 0.2) is 22.7 Å². The van der Waals surface area contributed by atoms with Gasteiger partial charge in [0.05, 0.1) is 0 Å². The van der Waals surface area contributed by atoms with Gasteiger partial charge in [-0.05, 0) is 109 Å². The molecule has 0 amide bonds. The number of hydrogen-bond donors (Lipinski definition) is 0. The molecule has 2 unspecified atom stereocenters. The molecule has 10 rings (SSSR count). The van der Waals surface area contributed by atoms with Crippen LogP contribution in [0.1, 0.15) is 85.5 Å². The predicted molar refractivity (Wildman–Crippen MR) is 174 cm³/mol. The minimum Gasteiger partial charge on any atom is -0.456 e. The number of allylic oxidation sites excluding steroid dienone is 2. The second-order valence-corrected chi connectivity index (χ2v) is 17.5. The number of ether oxygens (including phenoxy) is 4. The van der Waals surface area contributed by atoms with Crippen molar-refractivity contribution >= 4 is 0 Å². The van der Waals surface area contributed by atoms with E-state index >= 15 is 0 Å². The van der Waals surface area contributed by atoms with Crippen LogP contribution in [0.5, 0.6) is 0 Å². The summed E-state index contributed by atoms with van der Waals surface area (Å²) in [5.41, 5.74) is -2.17. The molecule has 8 fully saturated rings. The highest BCUT2D eigenvalue weighted by Crippen LogP contribution is 2.63. The van der Waals surface area contributed by atoms with Crippen molar-refractivity contribution in [1.82, 2.24) is 9.80 Å². The lowest BCUT2D eigenvalue weighted by Crippen LogP contribution is -2.67. The van der Waals surface area contributed by atoms with E-state index in [1.165, 1.54) is 0 Å². The SMILES string of the molecule is C[C@@H]1CC[C@H]2C(CN(C)CCCN(C)CC3=C(C(F)(F)F)O[C@@H]4O[C@@]5(C)CCC6[C@H](C)CC[C@@H]3[C@]64OO5)=C(C(F)(F)F)O[C@@H]3O[C@@]4(C)CCC1[C@]32OO4. The van der Waals surface area contributed by atoms with Crippen LogP contribution >= 0.6 is 0 Å². The van der Waals surface area contributed by atoms with Crippen LogP contribution in [-0.2, 0) is 38.5 Å². The number of alkyl halides is 6. The molecule has 2 saturated carbocycles. The van der Waals surface area contributed by atoms with Crippen LogP contribution in [-0.4, -0.2) is 97.8 Å². The maximum absolute atomic E-state index is 14.7. The van der Waals surface area contributed by atoms with Gasteiger partial charge in [-0.15, -0.1) is 0 Å². The maximum Gasteiger partial charge on any atom is 0.449 e. The van der Waals surface area contributed by atoms with Crippen molar-refractivity contribution in [2.45, 2.75) is 133 Å². The fraction of sp³-hybridized carbons (Fsp3) is 0.892. The van der Waals surface area contributed by atoms with Gasteiger partial charge in [0.2, 0.25) is 35.7 Å². The minimum absolute atomic E-state index is 0.0293. The number of halogens is 6. The smallest absolute Gasteiger partial charge is 0.449 e. The largest absolute Gasteiger partial charge is 0.456 e. The molecule has 10 nitrogen and oxygen atoms in total. The van der Waals surface area contributed by atoms with Gasteiger partial charge >= 0.3 is 12.4 Å². The van der Waals surface area contributed by atoms with Crippen molar-refractivity contribution in [3.8, 4) is 0 Å². The van der Waals surface area contributed by atoms with E-state index in [0.717, 1.165) is 12.8 Å². The Morgan fingerprint density at radius 1 is 0.604 bits per heavy atom. The van der Waals surface area contributed by atoms with Crippen molar-refractivity contribution < 1.29 is 64.8 Å². The quantitative estimate of drug-likeness (QED) is 0.185. The van der Waals surface area contributed by atoms with E-state index in [2.05, 4.69) is 13.8 Å². The molecule has 2 aliphatic carbocycles. The van der Waals surface area contributed by atoms with Crippen molar-refractivity contribution in [3.63, 3.8) is 0 Å². The Bertz CT molecular complexity index is 1400. The molecule has 2 spiro atoms. The second kappa shape index (κ2) is 12.9. The summed E-state index contributed by atoms with van der Waals surface area (Å²) in [4.78, 5) is 27.4. The average molecular weight is 767 g/mol. The Morgan fingerprint density at radius 2 is 1.00 bits per heavy atom. The molecular formula is C37H52F6N2O8. The standard InChI is InChI=1S/C37H52F6N2O8/c1-20-8-10-26-22(28(36(38,39)40)46-30-34(26)24(20)12-14-32(3,48-30)50-52-34)18-44(5)16-7-17-45(6)19-23-27-11-9-21(2)25-13-15-33(4)49-31(35(25,27)53-51-33)47-29(23)37(41,42)43/h20-21,24-27,30-31H,7-19H2,1-6H3/t20-,21-,24?,25?,26+,27+,30-,31-,32-,33-,34-,35-/m1/s1. The van der Waals surface area contributed by atoms with Gasteiger partial charge in [-0.25, -0.2) is 19.6 Å². The molecule has 0 aromatic rings. The summed E-state index contributed by atoms with van der Waals surface area (Å²) in [6.07, 6.45) is -6.81. The molecule has 4 bridgehead atoms. The van der Waals surface area contributed by atoms with E-state index in [1.807, 2.05) is 9.80 Å². The molecule has 8 aliphatic heterocycles. The topological polar surface area (TPSA) is 80.3 Å². The van der Waals surface area contributed by atoms with Gasteiger partial charge in [0.15, 0.2) is 11.2 Å². The number of nitrogens with zero attached hydrogens (tertiary/aromatic N) is 2. The predicted octanol–water partition coefficient (Wildman–Crippen LogP) is 7.36. The highest BCUT2D eigenvalue weighted by Gasteiger charge is 2.72. The summed E-state index contributed by atoms with van der Waals surface area (Å²) in [6.45, 7) is 8.23.